The number of benzene rings is 2. The van der Waals surface area contributed by atoms with E-state index in [0.717, 1.165) is 15.6 Å². The molecule has 2 rings (SSSR count). The molecule has 168 valence electrons. The number of nitrogens with one attached hydrogen (secondary N) is 1. The van der Waals surface area contributed by atoms with Gasteiger partial charge in [-0.05, 0) is 63.7 Å². The zero-order valence-electron chi connectivity index (χ0n) is 18.0. The van der Waals surface area contributed by atoms with Gasteiger partial charge in [0, 0.05) is 13.6 Å². The van der Waals surface area contributed by atoms with E-state index in [-0.39, 0.29) is 25.0 Å². The minimum Gasteiger partial charge on any atom is -0.483 e. The smallest absolute Gasteiger partial charge is 0.261 e. The molecule has 0 saturated carbocycles. The fourth-order valence-electron chi connectivity index (χ4n) is 3.14. The van der Waals surface area contributed by atoms with Gasteiger partial charge in [-0.1, -0.05) is 56.1 Å². The van der Waals surface area contributed by atoms with Crippen molar-refractivity contribution in [2.75, 3.05) is 13.7 Å². The number of amides is 2. The van der Waals surface area contributed by atoms with Crippen LogP contribution in [0.1, 0.15) is 44.2 Å². The minimum atomic E-state index is -0.637. The van der Waals surface area contributed by atoms with Gasteiger partial charge in [-0.2, -0.15) is 0 Å². The highest BCUT2D eigenvalue weighted by Gasteiger charge is 2.28. The van der Waals surface area contributed by atoms with Crippen LogP contribution in [0.15, 0.2) is 40.9 Å². The molecule has 2 amide bonds. The van der Waals surface area contributed by atoms with Crippen molar-refractivity contribution < 1.29 is 14.3 Å². The third-order valence-corrected chi connectivity index (χ3v) is 6.30. The molecule has 0 fully saturated rings. The quantitative estimate of drug-likeness (QED) is 0.445. The predicted octanol–water partition coefficient (Wildman–Crippen LogP) is 5.81. The summed E-state index contributed by atoms with van der Waals surface area (Å²) >= 11 is 15.6. The van der Waals surface area contributed by atoms with Crippen molar-refractivity contribution in [2.24, 2.45) is 0 Å². The molecule has 1 unspecified atom stereocenters. The number of ether oxygens (including phenoxy) is 1. The van der Waals surface area contributed by atoms with Crippen molar-refractivity contribution in [1.82, 2.24) is 10.2 Å². The first-order chi connectivity index (χ1) is 14.7. The topological polar surface area (TPSA) is 58.6 Å². The Kier molecular flexibility index (Phi) is 9.66. The van der Waals surface area contributed by atoms with E-state index in [1.807, 2.05) is 25.1 Å². The molecule has 0 aliphatic carbocycles. The second-order valence-electron chi connectivity index (χ2n) is 7.44. The van der Waals surface area contributed by atoms with Gasteiger partial charge in [0.2, 0.25) is 5.91 Å². The molecule has 0 spiro atoms. The van der Waals surface area contributed by atoms with Crippen LogP contribution in [0, 0.1) is 0 Å². The van der Waals surface area contributed by atoms with Gasteiger partial charge in [-0.25, -0.2) is 0 Å². The largest absolute Gasteiger partial charge is 0.483 e. The van der Waals surface area contributed by atoms with E-state index in [0.29, 0.717) is 28.1 Å². The Morgan fingerprint density at radius 2 is 1.84 bits per heavy atom. The lowest BCUT2D eigenvalue weighted by atomic mass is 10.0. The number of halogens is 3. The Morgan fingerprint density at radius 1 is 1.13 bits per heavy atom. The van der Waals surface area contributed by atoms with E-state index >= 15 is 0 Å². The van der Waals surface area contributed by atoms with Crippen LogP contribution in [0.2, 0.25) is 10.0 Å². The normalized spacial score (nSPS) is 11.9. The Balaban J connectivity index is 2.22. The number of likely N-dealkylation sites (N-methyl/N-ethyl adjacent to an activating group) is 1. The zero-order chi connectivity index (χ0) is 23.1. The van der Waals surface area contributed by atoms with Crippen LogP contribution in [-0.2, 0) is 16.1 Å². The van der Waals surface area contributed by atoms with Gasteiger partial charge < -0.3 is 15.0 Å². The maximum Gasteiger partial charge on any atom is 0.261 e. The van der Waals surface area contributed by atoms with Gasteiger partial charge in [0.25, 0.3) is 5.91 Å². The van der Waals surface area contributed by atoms with Gasteiger partial charge in [-0.15, -0.1) is 0 Å². The summed E-state index contributed by atoms with van der Waals surface area (Å²) in [5, 5.41) is 3.45. The highest BCUT2D eigenvalue weighted by molar-refractivity contribution is 9.10. The van der Waals surface area contributed by atoms with Gasteiger partial charge in [0.15, 0.2) is 6.61 Å². The molecule has 0 aromatic heterocycles. The maximum absolute atomic E-state index is 13.1. The average Bonchev–Trinajstić information content (AvgIpc) is 2.74. The Morgan fingerprint density at radius 3 is 2.39 bits per heavy atom. The molecule has 1 atom stereocenters. The first kappa shape index (κ1) is 25.5. The van der Waals surface area contributed by atoms with Crippen LogP contribution in [0.3, 0.4) is 0 Å². The molecule has 0 bridgehead atoms. The standard InChI is InChI=1S/C23H27BrCl2N2O3/c1-5-20(23(30)27-4)28(12-15-6-8-18(25)19(26)10-15)22(29)13-31-21-9-7-16(14(2)3)11-17(21)24/h6-11,14,20H,5,12-13H2,1-4H3,(H,27,30). The van der Waals surface area contributed by atoms with Crippen LogP contribution in [0.25, 0.3) is 0 Å². The first-order valence-corrected chi connectivity index (χ1v) is 11.6. The van der Waals surface area contributed by atoms with Crippen LogP contribution in [-0.4, -0.2) is 36.4 Å². The number of rotatable bonds is 9. The van der Waals surface area contributed by atoms with E-state index in [1.165, 1.54) is 4.90 Å². The molecule has 5 nitrogen and oxygen atoms in total. The van der Waals surface area contributed by atoms with E-state index in [1.54, 1.807) is 25.2 Å². The number of carbonyl (C=O) groups is 2. The lowest BCUT2D eigenvalue weighted by molar-refractivity contribution is -0.142. The monoisotopic (exact) mass is 528 g/mol. The lowest BCUT2D eigenvalue weighted by Gasteiger charge is -2.30. The molecule has 0 heterocycles. The fraction of sp³-hybridized carbons (Fsp3) is 0.391. The molecule has 0 radical (unpaired) electrons. The van der Waals surface area contributed by atoms with Crippen molar-refractivity contribution >= 4 is 50.9 Å². The lowest BCUT2D eigenvalue weighted by Crippen LogP contribution is -2.49. The number of carbonyl (C=O) groups excluding carboxylic acids is 2. The van der Waals surface area contributed by atoms with Crippen LogP contribution in [0.5, 0.6) is 5.75 Å². The third-order valence-electron chi connectivity index (χ3n) is 4.94. The summed E-state index contributed by atoms with van der Waals surface area (Å²) in [5.74, 6) is 0.409. The summed E-state index contributed by atoms with van der Waals surface area (Å²) in [7, 11) is 1.55. The number of nitrogens with zero attached hydrogens (tertiary/aromatic N) is 1. The van der Waals surface area contributed by atoms with Gasteiger partial charge >= 0.3 is 0 Å². The second kappa shape index (κ2) is 11.7. The van der Waals surface area contributed by atoms with Gasteiger partial charge in [-0.3, -0.25) is 9.59 Å². The van der Waals surface area contributed by atoms with E-state index in [9.17, 15) is 9.59 Å². The van der Waals surface area contributed by atoms with Crippen LogP contribution >= 0.6 is 39.1 Å². The molecular formula is C23H27BrCl2N2O3. The highest BCUT2D eigenvalue weighted by Crippen LogP contribution is 2.29. The molecular weight excluding hydrogens is 503 g/mol. The van der Waals surface area contributed by atoms with Crippen molar-refractivity contribution in [3.63, 3.8) is 0 Å². The maximum atomic E-state index is 13.1. The van der Waals surface area contributed by atoms with Crippen molar-refractivity contribution in [1.29, 1.82) is 0 Å². The van der Waals surface area contributed by atoms with Gasteiger partial charge in [0.1, 0.15) is 11.8 Å². The zero-order valence-corrected chi connectivity index (χ0v) is 21.1. The van der Waals surface area contributed by atoms with Crippen LogP contribution < -0.4 is 10.1 Å². The van der Waals surface area contributed by atoms with E-state index in [4.69, 9.17) is 27.9 Å². The highest BCUT2D eigenvalue weighted by atomic mass is 79.9. The summed E-state index contributed by atoms with van der Waals surface area (Å²) in [4.78, 5) is 27.1. The summed E-state index contributed by atoms with van der Waals surface area (Å²) in [6, 6.07) is 10.3. The van der Waals surface area contributed by atoms with Gasteiger partial charge in [0.05, 0.1) is 14.5 Å². The Bertz CT molecular complexity index is 937. The number of hydrogen-bond donors (Lipinski definition) is 1. The minimum absolute atomic E-state index is 0.200. The molecule has 2 aromatic carbocycles. The SMILES string of the molecule is CCC(C(=O)NC)N(Cc1ccc(Cl)c(Cl)c1)C(=O)COc1ccc(C(C)C)cc1Br. The molecule has 31 heavy (non-hydrogen) atoms. The summed E-state index contributed by atoms with van der Waals surface area (Å²) in [6.45, 7) is 6.08. The van der Waals surface area contributed by atoms with E-state index < -0.39 is 6.04 Å². The number of hydrogen-bond acceptors (Lipinski definition) is 3. The van der Waals surface area contributed by atoms with Crippen molar-refractivity contribution in [2.45, 2.75) is 45.7 Å². The molecule has 0 aliphatic heterocycles. The molecule has 0 aliphatic rings. The second-order valence-corrected chi connectivity index (χ2v) is 9.11. The summed E-state index contributed by atoms with van der Waals surface area (Å²) in [5.41, 5.74) is 1.94. The Labute approximate surface area is 202 Å². The molecule has 1 N–H and O–H groups in total. The predicted molar refractivity (Wildman–Crippen MR) is 129 cm³/mol. The average molecular weight is 530 g/mol. The third kappa shape index (κ3) is 6.86. The van der Waals surface area contributed by atoms with E-state index in [2.05, 4.69) is 35.1 Å². The first-order valence-electron chi connectivity index (χ1n) is 10.0. The fourth-order valence-corrected chi connectivity index (χ4v) is 3.97. The van der Waals surface area contributed by atoms with Crippen molar-refractivity contribution in [3.8, 4) is 5.75 Å². The van der Waals surface area contributed by atoms with Crippen LogP contribution in [0.4, 0.5) is 0 Å². The Hall–Kier alpha value is -1.76. The molecule has 2 aromatic rings. The summed E-state index contributed by atoms with van der Waals surface area (Å²) < 4.78 is 6.56. The molecule has 0 saturated heterocycles. The summed E-state index contributed by atoms with van der Waals surface area (Å²) in [6.07, 6.45) is 0.458. The van der Waals surface area contributed by atoms with Crippen molar-refractivity contribution in [3.05, 3.63) is 62.0 Å². The molecule has 8 heteroatoms.